The van der Waals surface area contributed by atoms with E-state index >= 15 is 0 Å². The molecule has 0 spiro atoms. The molecule has 3 rings (SSSR count). The lowest BCUT2D eigenvalue weighted by atomic mass is 10.2. The molecule has 2 aromatic rings. The molecule has 0 atom stereocenters. The molecule has 0 saturated carbocycles. The quantitative estimate of drug-likeness (QED) is 0.698. The Balaban J connectivity index is 1.54. The summed E-state index contributed by atoms with van der Waals surface area (Å²) in [4.78, 5) is 13.9. The van der Waals surface area contributed by atoms with Gasteiger partial charge in [-0.25, -0.2) is 17.2 Å². The van der Waals surface area contributed by atoms with Crippen molar-refractivity contribution in [3.63, 3.8) is 0 Å². The van der Waals surface area contributed by atoms with Gasteiger partial charge < -0.3 is 15.0 Å². The van der Waals surface area contributed by atoms with E-state index in [-0.39, 0.29) is 55.3 Å². The van der Waals surface area contributed by atoms with Crippen LogP contribution in [0.1, 0.15) is 13.8 Å². The summed E-state index contributed by atoms with van der Waals surface area (Å²) < 4.78 is 59.5. The molecule has 1 saturated heterocycles. The van der Waals surface area contributed by atoms with Crippen LogP contribution in [0.4, 0.5) is 14.5 Å². The van der Waals surface area contributed by atoms with E-state index in [1.165, 1.54) is 39.5 Å². The fourth-order valence-electron chi connectivity index (χ4n) is 3.22. The van der Waals surface area contributed by atoms with Gasteiger partial charge in [0, 0.05) is 32.2 Å². The highest BCUT2D eigenvalue weighted by Crippen LogP contribution is 2.22. The number of amides is 1. The van der Waals surface area contributed by atoms with Crippen molar-refractivity contribution < 1.29 is 26.7 Å². The fourth-order valence-corrected chi connectivity index (χ4v) is 4.68. The van der Waals surface area contributed by atoms with Gasteiger partial charge in [-0.1, -0.05) is 6.07 Å². The van der Waals surface area contributed by atoms with Crippen LogP contribution in [0.3, 0.4) is 0 Å². The molecule has 1 fully saturated rings. The van der Waals surface area contributed by atoms with Gasteiger partial charge in [-0.2, -0.15) is 4.31 Å². The molecule has 1 aliphatic rings. The van der Waals surface area contributed by atoms with E-state index in [1.807, 2.05) is 13.8 Å². The summed E-state index contributed by atoms with van der Waals surface area (Å²) in [6, 6.07) is 9.21. The van der Waals surface area contributed by atoms with Crippen LogP contribution in [0, 0.1) is 11.6 Å². The molecule has 168 valence electrons. The van der Waals surface area contributed by atoms with Gasteiger partial charge >= 0.3 is 0 Å². The van der Waals surface area contributed by atoms with Crippen molar-refractivity contribution in [3.05, 3.63) is 54.1 Å². The van der Waals surface area contributed by atoms with Crippen LogP contribution in [0.15, 0.2) is 47.4 Å². The average Bonchev–Trinajstić information content (AvgIpc) is 2.72. The second kappa shape index (κ2) is 9.61. The number of nitrogens with one attached hydrogen (secondary N) is 1. The Labute approximate surface area is 180 Å². The number of hydrogen-bond donors (Lipinski definition) is 1. The molecule has 0 bridgehead atoms. The molecule has 31 heavy (non-hydrogen) atoms. The number of benzene rings is 2. The summed E-state index contributed by atoms with van der Waals surface area (Å²) in [5, 5.41) is 2.77. The Kier molecular flexibility index (Phi) is 7.11. The highest BCUT2D eigenvalue weighted by molar-refractivity contribution is 7.89. The average molecular weight is 454 g/mol. The molecule has 1 heterocycles. The van der Waals surface area contributed by atoms with E-state index in [9.17, 15) is 22.0 Å². The number of piperazine rings is 1. The summed E-state index contributed by atoms with van der Waals surface area (Å²) in [5.74, 6) is -1.03. The van der Waals surface area contributed by atoms with E-state index in [1.54, 1.807) is 6.07 Å². The van der Waals surface area contributed by atoms with Gasteiger partial charge in [0.1, 0.15) is 17.4 Å². The van der Waals surface area contributed by atoms with Crippen LogP contribution in [-0.2, 0) is 14.8 Å². The van der Waals surface area contributed by atoms with Gasteiger partial charge in [0.25, 0.3) is 0 Å². The van der Waals surface area contributed by atoms with Crippen LogP contribution in [-0.4, -0.2) is 62.4 Å². The fraction of sp³-hybridized carbons (Fsp3) is 0.381. The molecular weight excluding hydrogens is 428 g/mol. The minimum Gasteiger partial charge on any atom is -0.491 e. The summed E-state index contributed by atoms with van der Waals surface area (Å²) in [5.41, 5.74) is 0.178. The van der Waals surface area contributed by atoms with Crippen molar-refractivity contribution in [2.24, 2.45) is 0 Å². The monoisotopic (exact) mass is 453 g/mol. The van der Waals surface area contributed by atoms with Crippen molar-refractivity contribution in [1.82, 2.24) is 9.21 Å². The van der Waals surface area contributed by atoms with Gasteiger partial charge in [-0.3, -0.25) is 4.79 Å². The highest BCUT2D eigenvalue weighted by Gasteiger charge is 2.30. The molecular formula is C21H25F2N3O4S. The van der Waals surface area contributed by atoms with E-state index < -0.39 is 21.7 Å². The van der Waals surface area contributed by atoms with E-state index in [4.69, 9.17) is 4.74 Å². The smallest absolute Gasteiger partial charge is 0.243 e. The number of halogens is 2. The lowest BCUT2D eigenvalue weighted by Crippen LogP contribution is -2.51. The van der Waals surface area contributed by atoms with Crippen molar-refractivity contribution in [1.29, 1.82) is 0 Å². The van der Waals surface area contributed by atoms with Crippen molar-refractivity contribution in [2.75, 3.05) is 38.0 Å². The molecule has 10 heteroatoms. The second-order valence-corrected chi connectivity index (χ2v) is 9.34. The van der Waals surface area contributed by atoms with Crippen molar-refractivity contribution >= 4 is 21.6 Å². The molecule has 1 amide bonds. The number of sulfonamides is 1. The predicted octanol–water partition coefficient (Wildman–Crippen LogP) is 2.70. The molecule has 7 nitrogen and oxygen atoms in total. The third kappa shape index (κ3) is 5.71. The topological polar surface area (TPSA) is 79.0 Å². The number of hydrogen-bond acceptors (Lipinski definition) is 5. The number of nitrogens with zero attached hydrogens (tertiary/aromatic N) is 2. The normalized spacial score (nSPS) is 15.2. The summed E-state index contributed by atoms with van der Waals surface area (Å²) >= 11 is 0. The maximum Gasteiger partial charge on any atom is 0.243 e. The molecule has 0 unspecified atom stereocenters. The van der Waals surface area contributed by atoms with Crippen LogP contribution < -0.4 is 10.1 Å². The largest absolute Gasteiger partial charge is 0.491 e. The first-order valence-corrected chi connectivity index (χ1v) is 11.3. The molecule has 2 aromatic carbocycles. The van der Waals surface area contributed by atoms with Crippen molar-refractivity contribution in [3.8, 4) is 5.75 Å². The van der Waals surface area contributed by atoms with E-state index in [2.05, 4.69) is 5.32 Å². The number of ether oxygens (including phenoxy) is 1. The van der Waals surface area contributed by atoms with Crippen LogP contribution in [0.25, 0.3) is 0 Å². The minimum atomic E-state index is -3.83. The number of rotatable bonds is 7. The summed E-state index contributed by atoms with van der Waals surface area (Å²) in [6.07, 6.45) is -0.0804. The highest BCUT2D eigenvalue weighted by atomic mass is 32.2. The summed E-state index contributed by atoms with van der Waals surface area (Å²) in [6.45, 7) is 4.13. The number of carbonyl (C=O) groups is 1. The molecule has 0 aliphatic carbocycles. The van der Waals surface area contributed by atoms with Crippen LogP contribution in [0.2, 0.25) is 0 Å². The molecule has 0 aromatic heterocycles. The lowest BCUT2D eigenvalue weighted by Gasteiger charge is -2.34. The molecule has 1 N–H and O–H groups in total. The SMILES string of the molecule is CC(C)Oc1ccc(NCC(=O)N2CCN(S(=O)(=O)c3cccc(F)c3)CC2)c(F)c1. The Morgan fingerprint density at radius 2 is 1.81 bits per heavy atom. The zero-order valence-electron chi connectivity index (χ0n) is 17.3. The summed E-state index contributed by atoms with van der Waals surface area (Å²) in [7, 11) is -3.83. The molecule has 1 aliphatic heterocycles. The Bertz CT molecular complexity index is 1040. The van der Waals surface area contributed by atoms with E-state index in [0.717, 1.165) is 6.07 Å². The zero-order chi connectivity index (χ0) is 22.6. The van der Waals surface area contributed by atoms with Crippen LogP contribution in [0.5, 0.6) is 5.75 Å². The first-order valence-electron chi connectivity index (χ1n) is 9.90. The van der Waals surface area contributed by atoms with Gasteiger partial charge in [0.15, 0.2) is 0 Å². The second-order valence-electron chi connectivity index (χ2n) is 7.40. The first-order chi connectivity index (χ1) is 14.7. The first kappa shape index (κ1) is 23.0. The van der Waals surface area contributed by atoms with Gasteiger partial charge in [0.05, 0.1) is 23.2 Å². The maximum atomic E-state index is 14.2. The van der Waals surface area contributed by atoms with Gasteiger partial charge in [-0.05, 0) is 44.2 Å². The zero-order valence-corrected chi connectivity index (χ0v) is 18.2. The Morgan fingerprint density at radius 3 is 2.42 bits per heavy atom. The van der Waals surface area contributed by atoms with Crippen molar-refractivity contribution in [2.45, 2.75) is 24.8 Å². The maximum absolute atomic E-state index is 14.2. The lowest BCUT2D eigenvalue weighted by molar-refractivity contribution is -0.130. The van der Waals surface area contributed by atoms with Crippen LogP contribution >= 0.6 is 0 Å². The van der Waals surface area contributed by atoms with Gasteiger partial charge in [-0.15, -0.1) is 0 Å². The number of carbonyl (C=O) groups excluding carboxylic acids is 1. The standard InChI is InChI=1S/C21H25F2N3O4S/c1-15(2)30-17-6-7-20(19(23)13-17)24-14-21(27)25-8-10-26(11-9-25)31(28,29)18-5-3-4-16(22)12-18/h3-7,12-13,15,24H,8-11,14H2,1-2H3. The predicted molar refractivity (Wildman–Crippen MR) is 112 cm³/mol. The Morgan fingerprint density at radius 1 is 1.10 bits per heavy atom. The van der Waals surface area contributed by atoms with Gasteiger partial charge in [0.2, 0.25) is 15.9 Å². The Hall–Kier alpha value is -2.72. The molecule has 0 radical (unpaired) electrons. The minimum absolute atomic E-state index is 0.0804. The third-order valence-corrected chi connectivity index (χ3v) is 6.66. The van der Waals surface area contributed by atoms with E-state index in [0.29, 0.717) is 5.75 Å². The third-order valence-electron chi connectivity index (χ3n) is 4.77. The number of anilines is 1.